The van der Waals surface area contributed by atoms with Gasteiger partial charge in [0.25, 0.3) is 0 Å². The SMILES string of the molecule is CCNC(=O)Nc1ccc(-c2cncc(NC(C)c3cccnc3)n2)cc1CC. The Balaban J connectivity index is 1.80. The van der Waals surface area contributed by atoms with Gasteiger partial charge in [0.1, 0.15) is 5.82 Å². The average molecular weight is 390 g/mol. The maximum atomic E-state index is 11.8. The van der Waals surface area contributed by atoms with Crippen LogP contribution in [0, 0.1) is 0 Å². The summed E-state index contributed by atoms with van der Waals surface area (Å²) in [6.07, 6.45) is 7.84. The number of hydrogen-bond donors (Lipinski definition) is 3. The second-order valence-electron chi connectivity index (χ2n) is 6.65. The third kappa shape index (κ3) is 5.28. The van der Waals surface area contributed by atoms with Crippen molar-refractivity contribution in [3.8, 4) is 11.3 Å². The highest BCUT2D eigenvalue weighted by Crippen LogP contribution is 2.26. The van der Waals surface area contributed by atoms with E-state index in [2.05, 4.69) is 39.8 Å². The zero-order valence-corrected chi connectivity index (χ0v) is 16.9. The lowest BCUT2D eigenvalue weighted by atomic mass is 10.0. The Morgan fingerprint density at radius 1 is 1.10 bits per heavy atom. The number of pyridine rings is 1. The van der Waals surface area contributed by atoms with Gasteiger partial charge < -0.3 is 16.0 Å². The van der Waals surface area contributed by atoms with Gasteiger partial charge in [0, 0.05) is 30.2 Å². The van der Waals surface area contributed by atoms with Gasteiger partial charge >= 0.3 is 6.03 Å². The summed E-state index contributed by atoms with van der Waals surface area (Å²) in [7, 11) is 0. The molecule has 0 saturated heterocycles. The number of hydrogen-bond acceptors (Lipinski definition) is 5. The van der Waals surface area contributed by atoms with Crippen LogP contribution < -0.4 is 16.0 Å². The monoisotopic (exact) mass is 390 g/mol. The van der Waals surface area contributed by atoms with E-state index in [1.165, 1.54) is 0 Å². The van der Waals surface area contributed by atoms with E-state index in [4.69, 9.17) is 4.98 Å². The molecule has 0 radical (unpaired) electrons. The highest BCUT2D eigenvalue weighted by atomic mass is 16.2. The minimum absolute atomic E-state index is 0.0584. The van der Waals surface area contributed by atoms with Crippen molar-refractivity contribution in [2.24, 2.45) is 0 Å². The minimum atomic E-state index is -0.203. The molecule has 0 fully saturated rings. The van der Waals surface area contributed by atoms with E-state index in [0.29, 0.717) is 12.4 Å². The molecule has 2 amide bonds. The fourth-order valence-corrected chi connectivity index (χ4v) is 3.01. The third-order valence-electron chi connectivity index (χ3n) is 4.55. The second kappa shape index (κ2) is 9.64. The first-order valence-electron chi connectivity index (χ1n) is 9.77. The molecule has 0 bridgehead atoms. The normalized spacial score (nSPS) is 11.6. The molecule has 7 nitrogen and oxygen atoms in total. The summed E-state index contributed by atoms with van der Waals surface area (Å²) >= 11 is 0. The Labute approximate surface area is 171 Å². The van der Waals surface area contributed by atoms with Crippen molar-refractivity contribution in [3.05, 3.63) is 66.2 Å². The molecule has 3 aromatic rings. The lowest BCUT2D eigenvalue weighted by molar-refractivity contribution is 0.252. The molecule has 1 unspecified atom stereocenters. The molecule has 29 heavy (non-hydrogen) atoms. The van der Waals surface area contributed by atoms with Crippen molar-refractivity contribution in [1.29, 1.82) is 0 Å². The summed E-state index contributed by atoms with van der Waals surface area (Å²) in [6, 6.07) is 9.68. The van der Waals surface area contributed by atoms with E-state index in [9.17, 15) is 4.79 Å². The predicted molar refractivity (Wildman–Crippen MR) is 116 cm³/mol. The van der Waals surface area contributed by atoms with Crippen LogP contribution >= 0.6 is 0 Å². The van der Waals surface area contributed by atoms with Crippen molar-refractivity contribution in [3.63, 3.8) is 0 Å². The van der Waals surface area contributed by atoms with Crippen LogP contribution in [0.5, 0.6) is 0 Å². The van der Waals surface area contributed by atoms with E-state index in [1.807, 2.05) is 43.5 Å². The number of benzene rings is 1. The van der Waals surface area contributed by atoms with Crippen LogP contribution in [0.25, 0.3) is 11.3 Å². The Hall–Kier alpha value is -3.48. The molecule has 2 aromatic heterocycles. The number of anilines is 2. The van der Waals surface area contributed by atoms with Gasteiger partial charge in [-0.1, -0.05) is 19.1 Å². The van der Waals surface area contributed by atoms with Gasteiger partial charge in [-0.25, -0.2) is 9.78 Å². The molecule has 0 aliphatic carbocycles. The summed E-state index contributed by atoms with van der Waals surface area (Å²) in [5, 5.41) is 9.01. The summed E-state index contributed by atoms with van der Waals surface area (Å²) in [4.78, 5) is 25.1. The van der Waals surface area contributed by atoms with E-state index in [1.54, 1.807) is 18.6 Å². The smallest absolute Gasteiger partial charge is 0.319 e. The van der Waals surface area contributed by atoms with Crippen LogP contribution in [0.15, 0.2) is 55.1 Å². The number of nitrogens with one attached hydrogen (secondary N) is 3. The number of aromatic nitrogens is 3. The molecule has 3 rings (SSSR count). The number of rotatable bonds is 7. The lowest BCUT2D eigenvalue weighted by Gasteiger charge is -2.15. The molecule has 0 spiro atoms. The fraction of sp³-hybridized carbons (Fsp3) is 0.273. The van der Waals surface area contributed by atoms with Gasteiger partial charge in [0.15, 0.2) is 0 Å². The average Bonchev–Trinajstić information content (AvgIpc) is 2.75. The Bertz CT molecular complexity index is 961. The van der Waals surface area contributed by atoms with Crippen molar-refractivity contribution >= 4 is 17.5 Å². The van der Waals surface area contributed by atoms with E-state index >= 15 is 0 Å². The van der Waals surface area contributed by atoms with Gasteiger partial charge in [-0.15, -0.1) is 0 Å². The Morgan fingerprint density at radius 2 is 1.97 bits per heavy atom. The highest BCUT2D eigenvalue weighted by Gasteiger charge is 2.10. The number of carbonyl (C=O) groups is 1. The van der Waals surface area contributed by atoms with Crippen molar-refractivity contribution < 1.29 is 4.79 Å². The second-order valence-corrected chi connectivity index (χ2v) is 6.65. The quantitative estimate of drug-likeness (QED) is 0.556. The van der Waals surface area contributed by atoms with Crippen molar-refractivity contribution in [2.45, 2.75) is 33.2 Å². The number of carbonyl (C=O) groups excluding carboxylic acids is 1. The van der Waals surface area contributed by atoms with Crippen molar-refractivity contribution in [2.75, 3.05) is 17.2 Å². The first-order chi connectivity index (χ1) is 14.1. The predicted octanol–water partition coefficient (Wildman–Crippen LogP) is 4.42. The van der Waals surface area contributed by atoms with Crippen LogP contribution in [-0.4, -0.2) is 27.5 Å². The maximum Gasteiger partial charge on any atom is 0.319 e. The van der Waals surface area contributed by atoms with Gasteiger partial charge in [-0.05, 0) is 49.6 Å². The molecule has 0 aliphatic heterocycles. The van der Waals surface area contributed by atoms with Gasteiger partial charge in [-0.3, -0.25) is 9.97 Å². The van der Waals surface area contributed by atoms with Gasteiger partial charge in [0.05, 0.1) is 24.1 Å². The molecule has 3 N–H and O–H groups in total. The van der Waals surface area contributed by atoms with Crippen LogP contribution in [-0.2, 0) is 6.42 Å². The molecular formula is C22H26N6O. The number of urea groups is 1. The molecule has 1 atom stereocenters. The third-order valence-corrected chi connectivity index (χ3v) is 4.55. The summed E-state index contributed by atoms with van der Waals surface area (Å²) in [5.41, 5.74) is 4.64. The zero-order valence-electron chi connectivity index (χ0n) is 16.9. The Kier molecular flexibility index (Phi) is 6.73. The zero-order chi connectivity index (χ0) is 20.6. The Morgan fingerprint density at radius 3 is 2.69 bits per heavy atom. The van der Waals surface area contributed by atoms with E-state index in [0.717, 1.165) is 34.5 Å². The molecule has 150 valence electrons. The molecular weight excluding hydrogens is 364 g/mol. The van der Waals surface area contributed by atoms with Gasteiger partial charge in [0.2, 0.25) is 0 Å². The van der Waals surface area contributed by atoms with Crippen LogP contribution in [0.3, 0.4) is 0 Å². The minimum Gasteiger partial charge on any atom is -0.362 e. The van der Waals surface area contributed by atoms with Crippen molar-refractivity contribution in [1.82, 2.24) is 20.3 Å². The van der Waals surface area contributed by atoms with Crippen LogP contribution in [0.4, 0.5) is 16.3 Å². The van der Waals surface area contributed by atoms with Gasteiger partial charge in [-0.2, -0.15) is 0 Å². The fourth-order valence-electron chi connectivity index (χ4n) is 3.01. The summed E-state index contributed by atoms with van der Waals surface area (Å²) < 4.78 is 0. The molecule has 0 aliphatic rings. The first kappa shape index (κ1) is 20.3. The number of nitrogens with zero attached hydrogens (tertiary/aromatic N) is 3. The molecule has 0 saturated carbocycles. The summed E-state index contributed by atoms with van der Waals surface area (Å²) in [6.45, 7) is 6.58. The molecule has 2 heterocycles. The summed E-state index contributed by atoms with van der Waals surface area (Å²) in [5.74, 6) is 0.696. The van der Waals surface area contributed by atoms with Crippen LogP contribution in [0.1, 0.15) is 37.9 Å². The standard InChI is InChI=1S/C22H26N6O/c1-4-16-11-17(8-9-19(16)28-22(29)25-5-2)20-13-24-14-21(27-20)26-15(3)18-7-6-10-23-12-18/h6-15H,4-5H2,1-3H3,(H,26,27)(H2,25,28,29). The molecule has 1 aromatic carbocycles. The lowest BCUT2D eigenvalue weighted by Crippen LogP contribution is -2.28. The highest BCUT2D eigenvalue weighted by molar-refractivity contribution is 5.90. The maximum absolute atomic E-state index is 11.8. The molecule has 7 heteroatoms. The van der Waals surface area contributed by atoms with E-state index in [-0.39, 0.29) is 12.1 Å². The number of aryl methyl sites for hydroxylation is 1. The van der Waals surface area contributed by atoms with Crippen LogP contribution in [0.2, 0.25) is 0 Å². The topological polar surface area (TPSA) is 91.8 Å². The largest absolute Gasteiger partial charge is 0.362 e. The first-order valence-corrected chi connectivity index (χ1v) is 9.77. The van der Waals surface area contributed by atoms with E-state index < -0.39 is 0 Å². The number of amides is 2.